The summed E-state index contributed by atoms with van der Waals surface area (Å²) in [4.78, 5) is 4.42. The van der Waals surface area contributed by atoms with Gasteiger partial charge in [0.05, 0.1) is 52.2 Å². The molecule has 208 valence electrons. The lowest BCUT2D eigenvalue weighted by atomic mass is 10.0. The molecule has 1 aromatic carbocycles. The minimum Gasteiger partial charge on any atom is -0.323 e. The van der Waals surface area contributed by atoms with Crippen LogP contribution in [0.2, 0.25) is 10.0 Å². The van der Waals surface area contributed by atoms with Crippen LogP contribution < -0.4 is 0 Å². The molecule has 1 atom stereocenters. The van der Waals surface area contributed by atoms with Crippen LogP contribution in [0.1, 0.15) is 24.7 Å². The quantitative estimate of drug-likeness (QED) is 0.186. The number of benzene rings is 1. The first-order valence-electron chi connectivity index (χ1n) is 11.4. The summed E-state index contributed by atoms with van der Waals surface area (Å²) in [5.41, 5.74) is 1.19. The summed E-state index contributed by atoms with van der Waals surface area (Å²) < 4.78 is 74.8. The van der Waals surface area contributed by atoms with E-state index in [-0.39, 0.29) is 39.9 Å². The van der Waals surface area contributed by atoms with Gasteiger partial charge >= 0.3 is 13.2 Å². The van der Waals surface area contributed by atoms with Crippen molar-refractivity contribution in [1.82, 2.24) is 44.8 Å². The van der Waals surface area contributed by atoms with Gasteiger partial charge < -0.3 is 4.74 Å². The molecule has 4 aromatic heterocycles. The molecule has 0 fully saturated rings. The SMILES string of the molecule is Fc1c(Cl)ccc(-n2cnnn2)c1-c1ccc(C(CCOC(F)F)n2cc(-c3c(Cl)cnn3C(F)F)cn2)nc1. The predicted octanol–water partition coefficient (Wildman–Crippen LogP) is 5.84. The lowest BCUT2D eigenvalue weighted by molar-refractivity contribution is -0.130. The molecule has 40 heavy (non-hydrogen) atoms. The molecule has 0 N–H and O–H groups in total. The molecule has 0 aliphatic heterocycles. The van der Waals surface area contributed by atoms with Crippen molar-refractivity contribution in [1.29, 1.82) is 0 Å². The summed E-state index contributed by atoms with van der Waals surface area (Å²) in [6.45, 7) is -6.33. The molecule has 0 aliphatic carbocycles. The van der Waals surface area contributed by atoms with Gasteiger partial charge in [0.1, 0.15) is 6.33 Å². The molecule has 0 bridgehead atoms. The fourth-order valence-corrected chi connectivity index (χ4v) is 4.50. The van der Waals surface area contributed by atoms with Crippen molar-refractivity contribution in [2.75, 3.05) is 6.61 Å². The van der Waals surface area contributed by atoms with E-state index >= 15 is 4.39 Å². The van der Waals surface area contributed by atoms with Crippen molar-refractivity contribution in [2.45, 2.75) is 25.6 Å². The van der Waals surface area contributed by atoms with Gasteiger partial charge in [-0.25, -0.2) is 9.07 Å². The lowest BCUT2D eigenvalue weighted by Crippen LogP contribution is -2.16. The molecule has 5 aromatic rings. The average molecular weight is 600 g/mol. The van der Waals surface area contributed by atoms with Crippen molar-refractivity contribution in [3.05, 3.63) is 76.9 Å². The van der Waals surface area contributed by atoms with E-state index in [0.717, 1.165) is 6.20 Å². The van der Waals surface area contributed by atoms with Crippen LogP contribution in [0.5, 0.6) is 0 Å². The van der Waals surface area contributed by atoms with E-state index in [2.05, 4.69) is 35.4 Å². The molecule has 17 heteroatoms. The van der Waals surface area contributed by atoms with Gasteiger partial charge in [-0.15, -0.1) is 5.10 Å². The van der Waals surface area contributed by atoms with E-state index in [1.807, 2.05) is 0 Å². The number of hydrogen-bond acceptors (Lipinski definition) is 7. The summed E-state index contributed by atoms with van der Waals surface area (Å²) in [5, 5.41) is 18.6. The average Bonchev–Trinajstić information content (AvgIpc) is 3.69. The molecule has 10 nitrogen and oxygen atoms in total. The Labute approximate surface area is 231 Å². The van der Waals surface area contributed by atoms with Crippen LogP contribution in [-0.2, 0) is 4.74 Å². The maximum absolute atomic E-state index is 15.2. The molecule has 0 spiro atoms. The van der Waals surface area contributed by atoms with Crippen LogP contribution in [0.15, 0.2) is 55.4 Å². The number of halogens is 7. The lowest BCUT2D eigenvalue weighted by Gasteiger charge is -2.18. The Kier molecular flexibility index (Phi) is 8.04. The zero-order valence-electron chi connectivity index (χ0n) is 19.9. The highest BCUT2D eigenvalue weighted by molar-refractivity contribution is 6.33. The molecule has 0 radical (unpaired) electrons. The van der Waals surface area contributed by atoms with Crippen LogP contribution in [-0.4, -0.2) is 58.0 Å². The summed E-state index contributed by atoms with van der Waals surface area (Å²) in [5.74, 6) is -0.727. The monoisotopic (exact) mass is 599 g/mol. The normalized spacial score (nSPS) is 12.5. The molecule has 5 rings (SSSR count). The number of hydrogen-bond donors (Lipinski definition) is 0. The predicted molar refractivity (Wildman–Crippen MR) is 132 cm³/mol. The number of aromatic nitrogens is 9. The van der Waals surface area contributed by atoms with Gasteiger partial charge in [0.25, 0.3) is 0 Å². The van der Waals surface area contributed by atoms with Gasteiger partial charge in [0.2, 0.25) is 0 Å². The number of rotatable bonds is 10. The van der Waals surface area contributed by atoms with E-state index in [1.165, 1.54) is 46.4 Å². The van der Waals surface area contributed by atoms with Crippen LogP contribution in [0.3, 0.4) is 0 Å². The molecule has 0 amide bonds. The Morgan fingerprint density at radius 2 is 1.75 bits per heavy atom. The third-order valence-corrected chi connectivity index (χ3v) is 6.42. The largest absolute Gasteiger partial charge is 0.345 e. The zero-order chi connectivity index (χ0) is 28.4. The highest BCUT2D eigenvalue weighted by Gasteiger charge is 2.23. The van der Waals surface area contributed by atoms with E-state index in [0.29, 0.717) is 21.6 Å². The number of pyridine rings is 1. The van der Waals surface area contributed by atoms with Gasteiger partial charge in [-0.2, -0.15) is 32.4 Å². The van der Waals surface area contributed by atoms with E-state index in [9.17, 15) is 17.6 Å². The second-order valence-electron chi connectivity index (χ2n) is 8.19. The van der Waals surface area contributed by atoms with Crippen LogP contribution in [0.25, 0.3) is 28.1 Å². The Bertz CT molecular complexity index is 1590. The van der Waals surface area contributed by atoms with Gasteiger partial charge in [-0.05, 0) is 35.0 Å². The first-order valence-corrected chi connectivity index (χ1v) is 12.1. The summed E-state index contributed by atoms with van der Waals surface area (Å²) in [6.07, 6.45) is 6.42. The Morgan fingerprint density at radius 3 is 2.42 bits per heavy atom. The standard InChI is InChI=1S/C23H16Cl2F5N9O/c24-14-2-4-18(38-11-32-35-36-38)19(20(14)26)12-1-3-16(31-7-12)17(5-6-40-23(29)30)37-10-13(8-33-37)21-15(25)9-34-39(21)22(27)28/h1-4,7-11,17,22-23H,5-6H2. The van der Waals surface area contributed by atoms with Gasteiger partial charge in [-0.1, -0.05) is 29.3 Å². The van der Waals surface area contributed by atoms with Crippen molar-refractivity contribution in [3.63, 3.8) is 0 Å². The molecule has 1 unspecified atom stereocenters. The molecule has 4 heterocycles. The second-order valence-corrected chi connectivity index (χ2v) is 9.00. The highest BCUT2D eigenvalue weighted by Crippen LogP contribution is 2.35. The van der Waals surface area contributed by atoms with Crippen LogP contribution >= 0.6 is 23.2 Å². The third-order valence-electron chi connectivity index (χ3n) is 5.85. The minimum absolute atomic E-state index is 0.0128. The number of nitrogens with zero attached hydrogens (tertiary/aromatic N) is 9. The molecular formula is C23H16Cl2F5N9O. The first-order chi connectivity index (χ1) is 19.2. The maximum atomic E-state index is 15.2. The van der Waals surface area contributed by atoms with Crippen LogP contribution in [0, 0.1) is 5.82 Å². The first kappa shape index (κ1) is 27.6. The molecular weight excluding hydrogens is 584 g/mol. The van der Waals surface area contributed by atoms with E-state index < -0.39 is 25.0 Å². The molecule has 0 aliphatic rings. The second kappa shape index (κ2) is 11.7. The third kappa shape index (κ3) is 5.52. The van der Waals surface area contributed by atoms with Crippen molar-refractivity contribution in [3.8, 4) is 28.1 Å². The van der Waals surface area contributed by atoms with Crippen LogP contribution in [0.4, 0.5) is 22.0 Å². The fourth-order valence-electron chi connectivity index (χ4n) is 4.10. The van der Waals surface area contributed by atoms with Gasteiger partial charge in [0.15, 0.2) is 5.82 Å². The molecule has 0 saturated carbocycles. The smallest absolute Gasteiger partial charge is 0.323 e. The number of tetrazole rings is 1. The Balaban J connectivity index is 1.51. The summed E-state index contributed by atoms with van der Waals surface area (Å²) in [7, 11) is 0. The molecule has 0 saturated heterocycles. The Morgan fingerprint density at radius 1 is 0.925 bits per heavy atom. The van der Waals surface area contributed by atoms with Crippen molar-refractivity contribution < 1.29 is 26.7 Å². The Hall–Kier alpha value is -3.95. The number of ether oxygens (including phenoxy) is 1. The van der Waals surface area contributed by atoms with Crippen molar-refractivity contribution >= 4 is 23.2 Å². The topological polar surface area (TPSA) is 101 Å². The van der Waals surface area contributed by atoms with Gasteiger partial charge in [-0.3, -0.25) is 9.67 Å². The summed E-state index contributed by atoms with van der Waals surface area (Å²) >= 11 is 12.1. The summed E-state index contributed by atoms with van der Waals surface area (Å²) in [6, 6.07) is 5.23. The zero-order valence-corrected chi connectivity index (χ0v) is 21.4. The fraction of sp³-hybridized carbons (Fsp3) is 0.217. The minimum atomic E-state index is -3.00. The van der Waals surface area contributed by atoms with E-state index in [1.54, 1.807) is 12.1 Å². The highest BCUT2D eigenvalue weighted by atomic mass is 35.5. The van der Waals surface area contributed by atoms with Crippen molar-refractivity contribution in [2.24, 2.45) is 0 Å². The number of alkyl halides is 4. The van der Waals surface area contributed by atoms with E-state index in [4.69, 9.17) is 23.2 Å². The maximum Gasteiger partial charge on any atom is 0.345 e. The van der Waals surface area contributed by atoms with Gasteiger partial charge in [0, 0.05) is 29.1 Å².